The standard InChI is InChI=1S/C21H24ClN3O5/c22-16-8-6-14(7-9-16)10-18(20(23)28)25-19(27)11-17(26)12-24-21(29)30-13-15-4-2-1-3-5-15/h1-9,17-18,26H,10-13H2,(H2,23,28)(H,24,29)(H,25,27)/t17-,18+/m0/s1. The Bertz CT molecular complexity index is 845. The summed E-state index contributed by atoms with van der Waals surface area (Å²) in [6, 6.07) is 15.0. The number of alkyl carbamates (subject to hydrolysis) is 1. The second-order valence-corrected chi connectivity index (χ2v) is 7.09. The molecule has 0 bridgehead atoms. The van der Waals surface area contributed by atoms with Gasteiger partial charge in [-0.2, -0.15) is 0 Å². The zero-order chi connectivity index (χ0) is 21.9. The monoisotopic (exact) mass is 433 g/mol. The Kier molecular flexibility index (Phi) is 9.11. The van der Waals surface area contributed by atoms with Crippen molar-refractivity contribution >= 4 is 29.5 Å². The summed E-state index contributed by atoms with van der Waals surface area (Å²) < 4.78 is 5.02. The quantitative estimate of drug-likeness (QED) is 0.451. The number of carbonyl (C=O) groups excluding carboxylic acids is 3. The molecule has 8 nitrogen and oxygen atoms in total. The lowest BCUT2D eigenvalue weighted by Crippen LogP contribution is -2.47. The molecule has 0 aliphatic carbocycles. The maximum Gasteiger partial charge on any atom is 0.407 e. The van der Waals surface area contributed by atoms with Crippen LogP contribution in [0, 0.1) is 0 Å². The van der Waals surface area contributed by atoms with Crippen LogP contribution in [0.2, 0.25) is 5.02 Å². The van der Waals surface area contributed by atoms with E-state index in [9.17, 15) is 19.5 Å². The van der Waals surface area contributed by atoms with Crippen molar-refractivity contribution in [2.24, 2.45) is 5.73 Å². The Balaban J connectivity index is 1.73. The summed E-state index contributed by atoms with van der Waals surface area (Å²) in [5.41, 5.74) is 6.95. The van der Waals surface area contributed by atoms with Gasteiger partial charge in [0.25, 0.3) is 0 Å². The largest absolute Gasteiger partial charge is 0.445 e. The van der Waals surface area contributed by atoms with Gasteiger partial charge in [0.1, 0.15) is 12.6 Å². The number of hydrogen-bond donors (Lipinski definition) is 4. The first-order valence-corrected chi connectivity index (χ1v) is 9.67. The highest BCUT2D eigenvalue weighted by molar-refractivity contribution is 6.30. The predicted molar refractivity (Wildman–Crippen MR) is 112 cm³/mol. The Hall–Kier alpha value is -3.10. The van der Waals surface area contributed by atoms with Gasteiger partial charge in [-0.3, -0.25) is 9.59 Å². The molecule has 0 aliphatic heterocycles. The van der Waals surface area contributed by atoms with Crippen LogP contribution in [0.25, 0.3) is 0 Å². The first kappa shape index (κ1) is 23.2. The van der Waals surface area contributed by atoms with Crippen molar-refractivity contribution in [1.29, 1.82) is 0 Å². The van der Waals surface area contributed by atoms with Crippen molar-refractivity contribution in [2.45, 2.75) is 31.6 Å². The fraction of sp³-hybridized carbons (Fsp3) is 0.286. The lowest BCUT2D eigenvalue weighted by atomic mass is 10.1. The van der Waals surface area contributed by atoms with E-state index < -0.39 is 30.1 Å². The van der Waals surface area contributed by atoms with Gasteiger partial charge in [-0.25, -0.2) is 4.79 Å². The Morgan fingerprint density at radius 1 is 1.03 bits per heavy atom. The average Bonchev–Trinajstić information content (AvgIpc) is 2.72. The zero-order valence-corrected chi connectivity index (χ0v) is 17.0. The summed E-state index contributed by atoms with van der Waals surface area (Å²) in [5, 5.41) is 15.4. The normalized spacial score (nSPS) is 12.5. The smallest absolute Gasteiger partial charge is 0.407 e. The van der Waals surface area contributed by atoms with Gasteiger partial charge in [-0.15, -0.1) is 0 Å². The van der Waals surface area contributed by atoms with Gasteiger partial charge in [-0.05, 0) is 23.3 Å². The van der Waals surface area contributed by atoms with Crippen LogP contribution in [-0.2, 0) is 27.4 Å². The number of ether oxygens (including phenoxy) is 1. The number of benzene rings is 2. The van der Waals surface area contributed by atoms with Crippen LogP contribution in [0.5, 0.6) is 0 Å². The van der Waals surface area contributed by atoms with Crippen molar-refractivity contribution in [3.63, 3.8) is 0 Å². The topological polar surface area (TPSA) is 131 Å². The molecule has 0 saturated carbocycles. The molecule has 0 aromatic heterocycles. The third-order valence-electron chi connectivity index (χ3n) is 4.15. The van der Waals surface area contributed by atoms with Crippen LogP contribution in [0.4, 0.5) is 4.79 Å². The van der Waals surface area contributed by atoms with Gasteiger partial charge >= 0.3 is 6.09 Å². The van der Waals surface area contributed by atoms with Gasteiger partial charge in [0.05, 0.1) is 12.5 Å². The van der Waals surface area contributed by atoms with Crippen LogP contribution >= 0.6 is 11.6 Å². The van der Waals surface area contributed by atoms with Crippen molar-refractivity contribution < 1.29 is 24.2 Å². The molecule has 2 rings (SSSR count). The van der Waals surface area contributed by atoms with Gasteiger partial charge in [0.2, 0.25) is 11.8 Å². The van der Waals surface area contributed by atoms with Crippen LogP contribution in [0.3, 0.4) is 0 Å². The molecule has 0 radical (unpaired) electrons. The lowest BCUT2D eigenvalue weighted by molar-refractivity contribution is -0.128. The molecular formula is C21H24ClN3O5. The number of nitrogens with two attached hydrogens (primary N) is 1. The van der Waals surface area contributed by atoms with E-state index in [2.05, 4.69) is 10.6 Å². The van der Waals surface area contributed by atoms with Crippen molar-refractivity contribution in [3.05, 3.63) is 70.7 Å². The first-order chi connectivity index (χ1) is 14.3. The Morgan fingerprint density at radius 3 is 2.33 bits per heavy atom. The zero-order valence-electron chi connectivity index (χ0n) is 16.2. The van der Waals surface area contributed by atoms with E-state index in [1.165, 1.54) is 0 Å². The fourth-order valence-corrected chi connectivity index (χ4v) is 2.72. The second kappa shape index (κ2) is 11.8. The van der Waals surface area contributed by atoms with Crippen molar-refractivity contribution in [1.82, 2.24) is 10.6 Å². The predicted octanol–water partition coefficient (Wildman–Crippen LogP) is 1.53. The van der Waals surface area contributed by atoms with E-state index in [0.29, 0.717) is 5.02 Å². The molecule has 0 aliphatic rings. The molecule has 30 heavy (non-hydrogen) atoms. The Morgan fingerprint density at radius 2 is 1.70 bits per heavy atom. The van der Waals surface area contributed by atoms with Gasteiger partial charge in [0.15, 0.2) is 0 Å². The number of aliphatic hydroxyl groups is 1. The molecule has 5 N–H and O–H groups in total. The summed E-state index contributed by atoms with van der Waals surface area (Å²) in [6.07, 6.45) is -1.99. The molecule has 0 saturated heterocycles. The molecule has 2 atom stereocenters. The highest BCUT2D eigenvalue weighted by Crippen LogP contribution is 2.11. The van der Waals surface area contributed by atoms with E-state index in [4.69, 9.17) is 22.1 Å². The van der Waals surface area contributed by atoms with Crippen LogP contribution in [0.15, 0.2) is 54.6 Å². The van der Waals surface area contributed by atoms with E-state index in [-0.39, 0.29) is 26.0 Å². The molecule has 0 spiro atoms. The number of nitrogens with one attached hydrogen (secondary N) is 2. The molecule has 0 fully saturated rings. The van der Waals surface area contributed by atoms with E-state index in [1.54, 1.807) is 24.3 Å². The summed E-state index contributed by atoms with van der Waals surface area (Å²) in [7, 11) is 0. The highest BCUT2D eigenvalue weighted by Gasteiger charge is 2.20. The maximum absolute atomic E-state index is 12.1. The summed E-state index contributed by atoms with van der Waals surface area (Å²) in [4.78, 5) is 35.5. The van der Waals surface area contributed by atoms with E-state index in [1.807, 2.05) is 30.3 Å². The van der Waals surface area contributed by atoms with Crippen LogP contribution in [0.1, 0.15) is 17.5 Å². The number of carbonyl (C=O) groups is 3. The van der Waals surface area contributed by atoms with Gasteiger partial charge in [0, 0.05) is 18.0 Å². The lowest BCUT2D eigenvalue weighted by Gasteiger charge is -2.17. The maximum atomic E-state index is 12.1. The summed E-state index contributed by atoms with van der Waals surface area (Å²) in [6.45, 7) is -0.0896. The minimum Gasteiger partial charge on any atom is -0.445 e. The van der Waals surface area contributed by atoms with E-state index >= 15 is 0 Å². The summed E-state index contributed by atoms with van der Waals surface area (Å²) >= 11 is 5.83. The van der Waals surface area contributed by atoms with Crippen LogP contribution in [-0.4, -0.2) is 41.7 Å². The number of primary amides is 1. The molecule has 2 aromatic carbocycles. The van der Waals surface area contributed by atoms with Crippen LogP contribution < -0.4 is 16.4 Å². The summed E-state index contributed by atoms with van der Waals surface area (Å²) in [5.74, 6) is -1.27. The molecule has 0 unspecified atom stereocenters. The molecule has 9 heteroatoms. The minimum atomic E-state index is -1.15. The number of halogens is 1. The van der Waals surface area contributed by atoms with E-state index in [0.717, 1.165) is 11.1 Å². The molecule has 0 heterocycles. The SMILES string of the molecule is NC(=O)[C@@H](Cc1ccc(Cl)cc1)NC(=O)C[C@H](O)CNC(=O)OCc1ccccc1. The third kappa shape index (κ3) is 8.50. The highest BCUT2D eigenvalue weighted by atomic mass is 35.5. The molecule has 3 amide bonds. The molecule has 2 aromatic rings. The van der Waals surface area contributed by atoms with Gasteiger partial charge in [-0.1, -0.05) is 54.1 Å². The molecular weight excluding hydrogens is 410 g/mol. The molecule has 160 valence electrons. The second-order valence-electron chi connectivity index (χ2n) is 6.65. The minimum absolute atomic E-state index is 0.0915. The third-order valence-corrected chi connectivity index (χ3v) is 4.40. The Labute approximate surface area is 179 Å². The number of aliphatic hydroxyl groups excluding tert-OH is 1. The van der Waals surface area contributed by atoms with Crippen molar-refractivity contribution in [2.75, 3.05) is 6.54 Å². The van der Waals surface area contributed by atoms with Crippen molar-refractivity contribution in [3.8, 4) is 0 Å². The average molecular weight is 434 g/mol. The fourth-order valence-electron chi connectivity index (χ4n) is 2.59. The van der Waals surface area contributed by atoms with Gasteiger partial charge < -0.3 is 26.2 Å². The first-order valence-electron chi connectivity index (χ1n) is 9.29. The number of rotatable bonds is 10. The number of hydrogen-bond acceptors (Lipinski definition) is 5. The number of amides is 3.